The summed E-state index contributed by atoms with van der Waals surface area (Å²) in [5.74, 6) is 1.63. The molecule has 0 saturated carbocycles. The number of carbonyl (C=O) groups is 1. The number of rotatable bonds is 2. The molecule has 3 aliphatic rings. The molecule has 30 heavy (non-hydrogen) atoms. The zero-order chi connectivity index (χ0) is 20.3. The Hall–Kier alpha value is -3.78. The molecule has 5 heteroatoms. The summed E-state index contributed by atoms with van der Waals surface area (Å²) in [6.45, 7) is 1.41. The van der Waals surface area contributed by atoms with Gasteiger partial charge in [-0.25, -0.2) is 0 Å². The normalized spacial score (nSPS) is 20.4. The minimum atomic E-state index is -0.823. The molecule has 6 rings (SSSR count). The van der Waals surface area contributed by atoms with Crippen LogP contribution in [-0.4, -0.2) is 19.1 Å². The average Bonchev–Trinajstić information content (AvgIpc) is 3.46. The molecule has 146 valence electrons. The van der Waals surface area contributed by atoms with Gasteiger partial charge in [-0.2, -0.15) is 5.26 Å². The van der Waals surface area contributed by atoms with Crippen molar-refractivity contribution in [2.24, 2.45) is 0 Å². The zero-order valence-electron chi connectivity index (χ0n) is 16.2. The van der Waals surface area contributed by atoms with Crippen molar-refractivity contribution in [3.8, 4) is 17.6 Å². The van der Waals surface area contributed by atoms with Crippen molar-refractivity contribution >= 4 is 11.6 Å². The molecule has 0 radical (unpaired) electrons. The summed E-state index contributed by atoms with van der Waals surface area (Å²) in [7, 11) is 0. The number of nitrogens with zero attached hydrogens (tertiary/aromatic N) is 2. The molecule has 3 aromatic carbocycles. The Kier molecular flexibility index (Phi) is 3.48. The Labute approximate surface area is 174 Å². The van der Waals surface area contributed by atoms with Gasteiger partial charge in [0.05, 0.1) is 24.8 Å². The van der Waals surface area contributed by atoms with Gasteiger partial charge in [0.15, 0.2) is 0 Å². The van der Waals surface area contributed by atoms with Crippen LogP contribution in [0.2, 0.25) is 0 Å². The van der Waals surface area contributed by atoms with E-state index in [1.165, 1.54) is 0 Å². The average molecular weight is 394 g/mol. The lowest BCUT2D eigenvalue weighted by Crippen LogP contribution is -2.42. The van der Waals surface area contributed by atoms with Crippen LogP contribution in [0.5, 0.6) is 11.5 Å². The van der Waals surface area contributed by atoms with Crippen molar-refractivity contribution in [3.63, 3.8) is 0 Å². The maximum absolute atomic E-state index is 13.9. The van der Waals surface area contributed by atoms with Crippen LogP contribution in [0.3, 0.4) is 0 Å². The van der Waals surface area contributed by atoms with Gasteiger partial charge in [-0.3, -0.25) is 4.79 Å². The fraction of sp³-hybridized carbons (Fsp3) is 0.200. The van der Waals surface area contributed by atoms with E-state index in [-0.39, 0.29) is 5.91 Å². The number of amides is 1. The molecule has 0 aromatic heterocycles. The van der Waals surface area contributed by atoms with E-state index in [2.05, 4.69) is 12.1 Å². The van der Waals surface area contributed by atoms with Crippen LogP contribution in [0.1, 0.15) is 27.8 Å². The third-order valence-corrected chi connectivity index (χ3v) is 6.38. The van der Waals surface area contributed by atoms with Crippen molar-refractivity contribution in [1.29, 1.82) is 5.26 Å². The highest BCUT2D eigenvalue weighted by Crippen LogP contribution is 2.54. The van der Waals surface area contributed by atoms with Crippen LogP contribution in [0.15, 0.2) is 60.7 Å². The molecule has 0 N–H and O–H groups in total. The summed E-state index contributed by atoms with van der Waals surface area (Å²) in [5, 5.41) is 9.05. The van der Waals surface area contributed by atoms with Crippen LogP contribution in [-0.2, 0) is 23.2 Å². The molecule has 0 aliphatic carbocycles. The van der Waals surface area contributed by atoms with E-state index < -0.39 is 5.41 Å². The molecule has 1 unspecified atom stereocenters. The van der Waals surface area contributed by atoms with Gasteiger partial charge in [-0.05, 0) is 41.0 Å². The number of nitriles is 1. The highest BCUT2D eigenvalue weighted by molar-refractivity contribution is 6.11. The number of fused-ring (bicyclic) bond motifs is 5. The van der Waals surface area contributed by atoms with Crippen LogP contribution < -0.4 is 14.4 Å². The van der Waals surface area contributed by atoms with Gasteiger partial charge in [0.25, 0.3) is 0 Å². The number of hydrogen-bond donors (Lipinski definition) is 0. The second-order valence-electron chi connectivity index (χ2n) is 7.97. The third-order valence-electron chi connectivity index (χ3n) is 6.38. The van der Waals surface area contributed by atoms with Gasteiger partial charge in [-0.1, -0.05) is 30.3 Å². The van der Waals surface area contributed by atoms with E-state index in [4.69, 9.17) is 14.7 Å². The SMILES string of the molecule is N#Cc1ccc(CN2C(=O)C3(COc4cc5c(cc43)CCO5)c3ccccc32)cc1. The van der Waals surface area contributed by atoms with E-state index in [0.717, 1.165) is 45.9 Å². The van der Waals surface area contributed by atoms with Crippen LogP contribution in [0, 0.1) is 11.3 Å². The number of anilines is 1. The number of carbonyl (C=O) groups excluding carboxylic acids is 1. The third kappa shape index (κ3) is 2.19. The van der Waals surface area contributed by atoms with Crippen molar-refractivity contribution in [1.82, 2.24) is 0 Å². The van der Waals surface area contributed by atoms with Gasteiger partial charge in [0.1, 0.15) is 23.5 Å². The lowest BCUT2D eigenvalue weighted by Gasteiger charge is -2.23. The number of ether oxygens (including phenoxy) is 2. The number of hydrogen-bond acceptors (Lipinski definition) is 4. The van der Waals surface area contributed by atoms with Gasteiger partial charge in [-0.15, -0.1) is 0 Å². The minimum absolute atomic E-state index is 0.0330. The molecule has 3 aromatic rings. The Balaban J connectivity index is 1.47. The van der Waals surface area contributed by atoms with Crippen molar-refractivity contribution in [3.05, 3.63) is 88.5 Å². The summed E-state index contributed by atoms with van der Waals surface area (Å²) in [6, 6.07) is 21.5. The first-order chi connectivity index (χ1) is 14.7. The fourth-order valence-corrected chi connectivity index (χ4v) is 4.87. The summed E-state index contributed by atoms with van der Waals surface area (Å²) in [5.41, 5.74) is 4.74. The second kappa shape index (κ2) is 6.11. The molecule has 1 spiro atoms. The maximum Gasteiger partial charge on any atom is 0.246 e. The smallest absolute Gasteiger partial charge is 0.246 e. The van der Waals surface area contributed by atoms with Crippen molar-refractivity contribution < 1.29 is 14.3 Å². The molecule has 0 bridgehead atoms. The van der Waals surface area contributed by atoms with Gasteiger partial charge >= 0.3 is 0 Å². The number of benzene rings is 3. The molecule has 5 nitrogen and oxygen atoms in total. The summed E-state index contributed by atoms with van der Waals surface area (Å²) in [4.78, 5) is 15.8. The van der Waals surface area contributed by atoms with E-state index in [0.29, 0.717) is 25.3 Å². The molecule has 0 fully saturated rings. The largest absolute Gasteiger partial charge is 0.493 e. The topological polar surface area (TPSA) is 62.6 Å². The monoisotopic (exact) mass is 394 g/mol. The van der Waals surface area contributed by atoms with Crippen LogP contribution >= 0.6 is 0 Å². The first-order valence-electron chi connectivity index (χ1n) is 10.0. The lowest BCUT2D eigenvalue weighted by molar-refractivity contribution is -0.122. The maximum atomic E-state index is 13.9. The molecule has 3 aliphatic heterocycles. The summed E-state index contributed by atoms with van der Waals surface area (Å²) >= 11 is 0. The van der Waals surface area contributed by atoms with Crippen molar-refractivity contribution in [2.75, 3.05) is 18.1 Å². The van der Waals surface area contributed by atoms with E-state index in [9.17, 15) is 4.79 Å². The summed E-state index contributed by atoms with van der Waals surface area (Å²) < 4.78 is 11.7. The van der Waals surface area contributed by atoms with Gasteiger partial charge in [0, 0.05) is 23.7 Å². The van der Waals surface area contributed by atoms with Crippen LogP contribution in [0.25, 0.3) is 0 Å². The summed E-state index contributed by atoms with van der Waals surface area (Å²) in [6.07, 6.45) is 0.851. The number of para-hydroxylation sites is 1. The molecule has 1 atom stereocenters. The Morgan fingerprint density at radius 3 is 2.67 bits per heavy atom. The van der Waals surface area contributed by atoms with Crippen LogP contribution in [0.4, 0.5) is 5.69 Å². The Morgan fingerprint density at radius 2 is 1.83 bits per heavy atom. The highest BCUT2D eigenvalue weighted by atomic mass is 16.5. The van der Waals surface area contributed by atoms with Gasteiger partial charge in [0.2, 0.25) is 5.91 Å². The predicted octanol–water partition coefficient (Wildman–Crippen LogP) is 3.72. The van der Waals surface area contributed by atoms with E-state index in [1.807, 2.05) is 47.4 Å². The first kappa shape index (κ1) is 17.1. The van der Waals surface area contributed by atoms with Gasteiger partial charge < -0.3 is 14.4 Å². The van der Waals surface area contributed by atoms with E-state index in [1.54, 1.807) is 12.1 Å². The van der Waals surface area contributed by atoms with Crippen molar-refractivity contribution in [2.45, 2.75) is 18.4 Å². The minimum Gasteiger partial charge on any atom is -0.493 e. The quantitative estimate of drug-likeness (QED) is 0.665. The molecular formula is C25H18N2O3. The fourth-order valence-electron chi connectivity index (χ4n) is 4.87. The Bertz CT molecular complexity index is 1240. The second-order valence-corrected chi connectivity index (χ2v) is 7.97. The predicted molar refractivity (Wildman–Crippen MR) is 111 cm³/mol. The standard InChI is InChI=1S/C25H18N2O3/c26-13-16-5-7-17(8-6-16)14-27-21-4-2-1-3-19(21)25(24(27)28)15-30-23-12-22-18(9-10-29-22)11-20(23)25/h1-8,11-12H,9-10,14-15H2. The molecular weight excluding hydrogens is 376 g/mol. The lowest BCUT2D eigenvalue weighted by atomic mass is 9.76. The highest BCUT2D eigenvalue weighted by Gasteiger charge is 2.57. The Morgan fingerprint density at radius 1 is 1.00 bits per heavy atom. The molecule has 1 amide bonds. The molecule has 3 heterocycles. The molecule has 0 saturated heterocycles. The first-order valence-corrected chi connectivity index (χ1v) is 10.0. The van der Waals surface area contributed by atoms with E-state index >= 15 is 0 Å². The zero-order valence-corrected chi connectivity index (χ0v) is 16.2.